The number of rotatable bonds is 4. The number of thioether (sulfide) groups is 1. The number of nitrogens with two attached hydrogens (primary N) is 1. The fourth-order valence-corrected chi connectivity index (χ4v) is 3.98. The van der Waals surface area contributed by atoms with E-state index in [-0.39, 0.29) is 11.9 Å². The lowest BCUT2D eigenvalue weighted by atomic mass is 9.86. The van der Waals surface area contributed by atoms with Gasteiger partial charge in [0, 0.05) is 24.6 Å². The molecule has 3 nitrogen and oxygen atoms in total. The predicted molar refractivity (Wildman–Crippen MR) is 77.7 cm³/mol. The zero-order chi connectivity index (χ0) is 12.8. The minimum Gasteiger partial charge on any atom is -0.340 e. The lowest BCUT2D eigenvalue weighted by molar-refractivity contribution is -0.131. The minimum atomic E-state index is -0.271. The van der Waals surface area contributed by atoms with Gasteiger partial charge in [0.1, 0.15) is 0 Å². The van der Waals surface area contributed by atoms with Gasteiger partial charge in [0.25, 0.3) is 0 Å². The molecule has 1 heterocycles. The van der Waals surface area contributed by atoms with Crippen LogP contribution in [0.4, 0.5) is 0 Å². The summed E-state index contributed by atoms with van der Waals surface area (Å²) in [7, 11) is 0. The lowest BCUT2D eigenvalue weighted by Crippen LogP contribution is -2.44. The molecule has 104 valence electrons. The Kier molecular flexibility index (Phi) is 5.83. The fraction of sp³-hybridized carbons (Fsp3) is 0.929. The number of nitrogens with zero attached hydrogens (tertiary/aromatic N) is 1. The molecular formula is C14H26N2OS. The van der Waals surface area contributed by atoms with Crippen LogP contribution in [0.1, 0.15) is 44.9 Å². The summed E-state index contributed by atoms with van der Waals surface area (Å²) >= 11 is 1.81. The first-order valence-corrected chi connectivity index (χ1v) is 8.55. The molecule has 1 amide bonds. The summed E-state index contributed by atoms with van der Waals surface area (Å²) in [6.45, 7) is 1.81. The Morgan fingerprint density at radius 2 is 2.06 bits per heavy atom. The van der Waals surface area contributed by atoms with Crippen molar-refractivity contribution in [2.45, 2.75) is 51.0 Å². The molecular weight excluding hydrogens is 244 g/mol. The van der Waals surface area contributed by atoms with Crippen molar-refractivity contribution in [3.63, 3.8) is 0 Å². The highest BCUT2D eigenvalue weighted by atomic mass is 32.2. The number of carbonyl (C=O) groups excluding carboxylic acids is 1. The maximum Gasteiger partial charge on any atom is 0.240 e. The van der Waals surface area contributed by atoms with Gasteiger partial charge >= 0.3 is 0 Å². The van der Waals surface area contributed by atoms with E-state index in [1.807, 2.05) is 4.90 Å². The highest BCUT2D eigenvalue weighted by molar-refractivity contribution is 7.99. The molecule has 2 rings (SSSR count). The quantitative estimate of drug-likeness (QED) is 0.852. The Balaban J connectivity index is 1.69. The van der Waals surface area contributed by atoms with Crippen LogP contribution in [0.5, 0.6) is 0 Å². The largest absolute Gasteiger partial charge is 0.340 e. The van der Waals surface area contributed by atoms with Crippen molar-refractivity contribution in [2.24, 2.45) is 11.7 Å². The van der Waals surface area contributed by atoms with E-state index in [9.17, 15) is 4.79 Å². The van der Waals surface area contributed by atoms with Crippen LogP contribution >= 0.6 is 11.8 Å². The topological polar surface area (TPSA) is 46.3 Å². The van der Waals surface area contributed by atoms with Crippen molar-refractivity contribution in [2.75, 3.05) is 24.6 Å². The summed E-state index contributed by atoms with van der Waals surface area (Å²) in [6.07, 6.45) is 9.52. The summed E-state index contributed by atoms with van der Waals surface area (Å²) < 4.78 is 0. The first kappa shape index (κ1) is 14.2. The number of hydrogen-bond acceptors (Lipinski definition) is 3. The van der Waals surface area contributed by atoms with E-state index < -0.39 is 0 Å². The Morgan fingerprint density at radius 3 is 2.83 bits per heavy atom. The maximum atomic E-state index is 12.0. The summed E-state index contributed by atoms with van der Waals surface area (Å²) in [5.41, 5.74) is 5.87. The molecule has 4 heteroatoms. The predicted octanol–water partition coefficient (Wildman–Crippen LogP) is 2.25. The van der Waals surface area contributed by atoms with E-state index in [1.165, 1.54) is 38.5 Å². The van der Waals surface area contributed by atoms with Gasteiger partial charge in [-0.2, -0.15) is 11.8 Å². The van der Waals surface area contributed by atoms with E-state index in [1.54, 1.807) is 11.8 Å². The van der Waals surface area contributed by atoms with Crippen molar-refractivity contribution in [3.8, 4) is 0 Å². The van der Waals surface area contributed by atoms with Gasteiger partial charge in [-0.15, -0.1) is 0 Å². The third kappa shape index (κ3) is 4.16. The molecule has 0 radical (unpaired) electrons. The summed E-state index contributed by atoms with van der Waals surface area (Å²) in [6, 6.07) is -0.271. The van der Waals surface area contributed by atoms with Crippen molar-refractivity contribution < 1.29 is 4.79 Å². The van der Waals surface area contributed by atoms with E-state index in [4.69, 9.17) is 5.73 Å². The van der Waals surface area contributed by atoms with Crippen molar-refractivity contribution in [1.82, 2.24) is 4.90 Å². The second-order valence-electron chi connectivity index (χ2n) is 5.65. The van der Waals surface area contributed by atoms with Gasteiger partial charge in [0.2, 0.25) is 5.91 Å². The molecule has 1 aliphatic heterocycles. The Bertz CT molecular complexity index is 267. The highest BCUT2D eigenvalue weighted by Crippen LogP contribution is 2.27. The monoisotopic (exact) mass is 270 g/mol. The smallest absolute Gasteiger partial charge is 0.240 e. The zero-order valence-electron chi connectivity index (χ0n) is 11.3. The van der Waals surface area contributed by atoms with Crippen LogP contribution in [0.25, 0.3) is 0 Å². The Hall–Kier alpha value is -0.220. The Morgan fingerprint density at radius 1 is 1.28 bits per heavy atom. The molecule has 0 spiro atoms. The third-order valence-corrected chi connectivity index (χ3v) is 5.26. The number of carbonyl (C=O) groups is 1. The van der Waals surface area contributed by atoms with Crippen LogP contribution in [0.15, 0.2) is 0 Å². The average molecular weight is 270 g/mol. The second-order valence-corrected chi connectivity index (χ2v) is 6.80. The standard InChI is InChI=1S/C14H26N2OS/c15-13-11-18-10-9-16(14(13)17)8-4-7-12-5-2-1-3-6-12/h12-13H,1-11,15H2/t13-/m0/s1. The zero-order valence-corrected chi connectivity index (χ0v) is 12.1. The molecule has 1 saturated carbocycles. The fourth-order valence-electron chi connectivity index (χ4n) is 3.07. The number of amides is 1. The molecule has 2 fully saturated rings. The summed E-state index contributed by atoms with van der Waals surface area (Å²) in [5, 5.41) is 0. The Labute approximate surface area is 115 Å². The molecule has 0 aromatic heterocycles. The van der Waals surface area contributed by atoms with E-state index in [0.717, 1.165) is 36.9 Å². The van der Waals surface area contributed by atoms with Crippen LogP contribution in [0, 0.1) is 5.92 Å². The highest BCUT2D eigenvalue weighted by Gasteiger charge is 2.24. The first-order chi connectivity index (χ1) is 8.77. The van der Waals surface area contributed by atoms with Crippen molar-refractivity contribution >= 4 is 17.7 Å². The SMILES string of the molecule is N[C@H]1CSCCN(CCCC2CCCCC2)C1=O. The molecule has 1 atom stereocenters. The molecule has 1 aliphatic carbocycles. The average Bonchev–Trinajstić information content (AvgIpc) is 2.55. The van der Waals surface area contributed by atoms with Crippen LogP contribution < -0.4 is 5.73 Å². The normalized spacial score (nSPS) is 27.3. The maximum absolute atomic E-state index is 12.0. The van der Waals surface area contributed by atoms with Gasteiger partial charge in [-0.25, -0.2) is 0 Å². The first-order valence-electron chi connectivity index (χ1n) is 7.39. The van der Waals surface area contributed by atoms with Crippen molar-refractivity contribution in [3.05, 3.63) is 0 Å². The van der Waals surface area contributed by atoms with Gasteiger partial charge in [0.15, 0.2) is 0 Å². The van der Waals surface area contributed by atoms with E-state index >= 15 is 0 Å². The van der Waals surface area contributed by atoms with E-state index in [2.05, 4.69) is 0 Å². The lowest BCUT2D eigenvalue weighted by Gasteiger charge is -2.25. The molecule has 2 aliphatic rings. The van der Waals surface area contributed by atoms with Gasteiger partial charge in [-0.3, -0.25) is 4.79 Å². The summed E-state index contributed by atoms with van der Waals surface area (Å²) in [5.74, 6) is 2.92. The second kappa shape index (κ2) is 7.39. The summed E-state index contributed by atoms with van der Waals surface area (Å²) in [4.78, 5) is 14.0. The molecule has 0 aromatic rings. The molecule has 18 heavy (non-hydrogen) atoms. The van der Waals surface area contributed by atoms with Crippen LogP contribution in [0.3, 0.4) is 0 Å². The number of hydrogen-bond donors (Lipinski definition) is 1. The van der Waals surface area contributed by atoms with Crippen molar-refractivity contribution in [1.29, 1.82) is 0 Å². The van der Waals surface area contributed by atoms with Crippen LogP contribution in [-0.4, -0.2) is 41.4 Å². The molecule has 0 aromatic carbocycles. The van der Waals surface area contributed by atoms with Gasteiger partial charge in [-0.05, 0) is 18.8 Å². The van der Waals surface area contributed by atoms with Gasteiger partial charge < -0.3 is 10.6 Å². The molecule has 1 saturated heterocycles. The van der Waals surface area contributed by atoms with Crippen LogP contribution in [0.2, 0.25) is 0 Å². The van der Waals surface area contributed by atoms with Crippen LogP contribution in [-0.2, 0) is 4.79 Å². The molecule has 0 unspecified atom stereocenters. The molecule has 2 N–H and O–H groups in total. The van der Waals surface area contributed by atoms with E-state index in [0.29, 0.717) is 0 Å². The molecule has 0 bridgehead atoms. The van der Waals surface area contributed by atoms with Gasteiger partial charge in [-0.1, -0.05) is 32.1 Å². The minimum absolute atomic E-state index is 0.170. The van der Waals surface area contributed by atoms with Gasteiger partial charge in [0.05, 0.1) is 6.04 Å². The third-order valence-electron chi connectivity index (χ3n) is 4.20.